The van der Waals surface area contributed by atoms with Crippen LogP contribution in [0.2, 0.25) is 0 Å². The van der Waals surface area contributed by atoms with E-state index < -0.39 is 0 Å². The van der Waals surface area contributed by atoms with E-state index in [1.165, 1.54) is 97.7 Å². The topological polar surface area (TPSA) is 13.1 Å². The maximum atomic E-state index is 5.07. The molecule has 0 saturated heterocycles. The highest BCUT2D eigenvalue weighted by molar-refractivity contribution is 7.80. The first kappa shape index (κ1) is 47.3. The Morgan fingerprint density at radius 1 is 0.397 bits per heavy atom. The van der Waals surface area contributed by atoms with Crippen LogP contribution in [0.25, 0.3) is 97.8 Å². The van der Waals surface area contributed by atoms with Crippen molar-refractivity contribution in [1.82, 2.24) is 9.13 Å². The molecule has 0 aliphatic carbocycles. The van der Waals surface area contributed by atoms with Crippen molar-refractivity contribution in [3.8, 4) is 32.9 Å². The number of nitrogens with zero attached hydrogens (tertiary/aromatic N) is 3. The highest BCUT2D eigenvalue weighted by Crippen LogP contribution is 2.48. The van der Waals surface area contributed by atoms with E-state index in [2.05, 4.69) is 296 Å². The summed E-state index contributed by atoms with van der Waals surface area (Å²) in [4.78, 5) is 4.56. The largest absolute Gasteiger partial charge is 0.311 e. The molecular formula is C73H53N3S2. The summed E-state index contributed by atoms with van der Waals surface area (Å²) < 4.78 is 6.06. The third kappa shape index (κ3) is 8.13. The van der Waals surface area contributed by atoms with Gasteiger partial charge in [-0.3, -0.25) is 0 Å². The summed E-state index contributed by atoms with van der Waals surface area (Å²) in [5.74, 6) is 0. The molecule has 0 spiro atoms. The molecule has 0 atom stereocenters. The van der Waals surface area contributed by atoms with Gasteiger partial charge in [0.2, 0.25) is 0 Å². The zero-order valence-electron chi connectivity index (χ0n) is 43.5. The fraction of sp³-hybridized carbons (Fsp3) is 0.0411. The van der Waals surface area contributed by atoms with Crippen molar-refractivity contribution in [3.05, 3.63) is 289 Å². The van der Waals surface area contributed by atoms with Crippen molar-refractivity contribution in [1.29, 1.82) is 0 Å². The first-order chi connectivity index (χ1) is 38.3. The van der Waals surface area contributed by atoms with Crippen LogP contribution >= 0.6 is 24.0 Å². The number of fused-ring (bicyclic) bond motifs is 7. The van der Waals surface area contributed by atoms with Gasteiger partial charge in [0.15, 0.2) is 0 Å². The summed E-state index contributed by atoms with van der Waals surface area (Å²) in [7, 11) is 0. The number of anilines is 3. The zero-order valence-corrected chi connectivity index (χ0v) is 45.2. The number of benzene rings is 11. The molecule has 0 unspecified atom stereocenters. The minimum absolute atomic E-state index is 0.940. The molecule has 78 heavy (non-hydrogen) atoms. The van der Waals surface area contributed by atoms with E-state index in [9.17, 15) is 0 Å². The predicted molar refractivity (Wildman–Crippen MR) is 337 cm³/mol. The van der Waals surface area contributed by atoms with Gasteiger partial charge in [0, 0.05) is 75.4 Å². The number of thiol groups is 1. The number of aryl methyl sites for hydroxylation is 2. The van der Waals surface area contributed by atoms with E-state index in [1.807, 2.05) is 11.3 Å². The van der Waals surface area contributed by atoms with E-state index >= 15 is 0 Å². The Kier molecular flexibility index (Phi) is 11.8. The van der Waals surface area contributed by atoms with Gasteiger partial charge >= 0.3 is 0 Å². The Morgan fingerprint density at radius 2 is 0.872 bits per heavy atom. The molecule has 3 aromatic heterocycles. The molecule has 11 aromatic carbocycles. The number of hydrogen-bond acceptors (Lipinski definition) is 3. The number of aromatic nitrogens is 2. The number of hydrogen-bond donors (Lipinski definition) is 1. The molecule has 0 amide bonds. The molecule has 0 N–H and O–H groups in total. The molecule has 14 rings (SSSR count). The van der Waals surface area contributed by atoms with Gasteiger partial charge in [-0.25, -0.2) is 0 Å². The molecular weight excluding hydrogens is 983 g/mol. The lowest BCUT2D eigenvalue weighted by molar-refractivity contribution is 1.17. The van der Waals surface area contributed by atoms with Gasteiger partial charge in [-0.05, 0) is 169 Å². The first-order valence-corrected chi connectivity index (χ1v) is 27.9. The van der Waals surface area contributed by atoms with Crippen LogP contribution < -0.4 is 4.90 Å². The molecule has 14 aromatic rings. The van der Waals surface area contributed by atoms with Crippen molar-refractivity contribution < 1.29 is 0 Å². The fourth-order valence-electron chi connectivity index (χ4n) is 11.8. The Balaban J connectivity index is 0.847. The van der Waals surface area contributed by atoms with Gasteiger partial charge in [-0.15, -0.1) is 24.0 Å². The lowest BCUT2D eigenvalue weighted by Gasteiger charge is -2.26. The maximum absolute atomic E-state index is 5.07. The second-order valence-corrected chi connectivity index (χ2v) is 22.0. The number of thiophene rings is 1. The van der Waals surface area contributed by atoms with E-state index in [0.717, 1.165) is 49.9 Å². The van der Waals surface area contributed by atoms with Crippen molar-refractivity contribution in [2.75, 3.05) is 4.90 Å². The second-order valence-electron chi connectivity index (χ2n) is 20.4. The highest BCUT2D eigenvalue weighted by Gasteiger charge is 2.22. The summed E-state index contributed by atoms with van der Waals surface area (Å²) >= 11 is 6.94. The molecule has 0 saturated carbocycles. The van der Waals surface area contributed by atoms with Gasteiger partial charge in [0.05, 0.1) is 22.1 Å². The SMILES string of the molecule is C/C(=C(/c1ccc2c(c1)c1ccccc1n2-c1ccc(C)cc1)c1ccccc1S)c1ccc(N(c2ccccc2)c2ccc(-c3sc4ccccc4c3-c3ccc4c(c3)c3ccccc3n4-c3ccc(C)cc3)cc2)cc1. The summed E-state index contributed by atoms with van der Waals surface area (Å²) in [6, 6.07) is 95.5. The van der Waals surface area contributed by atoms with Crippen LogP contribution in [0.5, 0.6) is 0 Å². The lowest BCUT2D eigenvalue weighted by atomic mass is 9.89. The monoisotopic (exact) mass is 1040 g/mol. The Bertz CT molecular complexity index is 4610. The Labute approximate surface area is 464 Å². The van der Waals surface area contributed by atoms with Crippen LogP contribution in [0.15, 0.2) is 266 Å². The van der Waals surface area contributed by atoms with Gasteiger partial charge in [-0.1, -0.05) is 163 Å². The Hall–Kier alpha value is -9.13. The third-order valence-electron chi connectivity index (χ3n) is 15.6. The van der Waals surface area contributed by atoms with Crippen LogP contribution in [-0.4, -0.2) is 9.13 Å². The van der Waals surface area contributed by atoms with Crippen LogP contribution in [0, 0.1) is 13.8 Å². The molecule has 0 aliphatic heterocycles. The average Bonchev–Trinajstić information content (AvgIpc) is 4.36. The molecule has 0 radical (unpaired) electrons. The summed E-state index contributed by atoms with van der Waals surface area (Å²) in [5, 5.41) is 6.21. The fourth-order valence-corrected chi connectivity index (χ4v) is 13.3. The van der Waals surface area contributed by atoms with E-state index in [1.54, 1.807) is 0 Å². The van der Waals surface area contributed by atoms with Gasteiger partial charge in [0.1, 0.15) is 0 Å². The standard InChI is InChI=1S/C73H53N3S2/c1-47-25-35-57(36-26-47)75-65-21-11-7-17-59(65)63-45-52(33-43-67(63)75)71(61-19-9-13-23-69(61)77)49(3)50-29-39-55(40-30-50)74(54-15-5-4-6-16-54)56-41-31-51(32-42-56)73-72(62-20-10-14-24-70(62)78-73)53-34-44-68-64(46-53)60-18-8-12-22-66(60)76(68)58-37-27-48(2)28-38-58/h4-46,77H,1-3H3/b71-49+. The molecule has 372 valence electrons. The smallest absolute Gasteiger partial charge is 0.0541 e. The molecule has 0 bridgehead atoms. The van der Waals surface area contributed by atoms with Crippen molar-refractivity contribution >= 4 is 106 Å². The van der Waals surface area contributed by atoms with E-state index in [4.69, 9.17) is 12.6 Å². The molecule has 0 aliphatic rings. The highest BCUT2D eigenvalue weighted by atomic mass is 32.1. The number of para-hydroxylation sites is 3. The third-order valence-corrected chi connectivity index (χ3v) is 17.2. The van der Waals surface area contributed by atoms with E-state index in [0.29, 0.717) is 0 Å². The van der Waals surface area contributed by atoms with Crippen molar-refractivity contribution in [2.45, 2.75) is 25.7 Å². The maximum Gasteiger partial charge on any atom is 0.0541 e. The Morgan fingerprint density at radius 3 is 1.50 bits per heavy atom. The van der Waals surface area contributed by atoms with Crippen LogP contribution in [0.3, 0.4) is 0 Å². The zero-order chi connectivity index (χ0) is 52.4. The summed E-state index contributed by atoms with van der Waals surface area (Å²) in [6.07, 6.45) is 0. The number of rotatable bonds is 10. The summed E-state index contributed by atoms with van der Waals surface area (Å²) in [5.41, 5.74) is 22.3. The number of allylic oxidation sites excluding steroid dienone is 1. The van der Waals surface area contributed by atoms with Crippen LogP contribution in [0.4, 0.5) is 17.1 Å². The van der Waals surface area contributed by atoms with Gasteiger partial charge in [0.25, 0.3) is 0 Å². The molecule has 0 fully saturated rings. The van der Waals surface area contributed by atoms with Crippen LogP contribution in [0.1, 0.15) is 34.7 Å². The van der Waals surface area contributed by atoms with Gasteiger partial charge < -0.3 is 14.0 Å². The molecule has 5 heteroatoms. The first-order valence-electron chi connectivity index (χ1n) is 26.6. The molecule has 3 heterocycles. The molecule has 3 nitrogen and oxygen atoms in total. The second kappa shape index (κ2) is 19.5. The van der Waals surface area contributed by atoms with Crippen molar-refractivity contribution in [2.24, 2.45) is 0 Å². The lowest BCUT2D eigenvalue weighted by Crippen LogP contribution is -2.09. The minimum Gasteiger partial charge on any atom is -0.311 e. The van der Waals surface area contributed by atoms with Crippen molar-refractivity contribution in [3.63, 3.8) is 0 Å². The predicted octanol–water partition coefficient (Wildman–Crippen LogP) is 20.8. The normalized spacial score (nSPS) is 12.1. The van der Waals surface area contributed by atoms with E-state index in [-0.39, 0.29) is 0 Å². The summed E-state index contributed by atoms with van der Waals surface area (Å²) in [6.45, 7) is 6.54. The van der Waals surface area contributed by atoms with Gasteiger partial charge in [-0.2, -0.15) is 0 Å². The minimum atomic E-state index is 0.940. The van der Waals surface area contributed by atoms with Crippen LogP contribution in [-0.2, 0) is 0 Å². The quantitative estimate of drug-likeness (QED) is 0.106. The average molecular weight is 1040 g/mol.